The minimum Gasteiger partial charge on any atom is -0.493 e. The van der Waals surface area contributed by atoms with E-state index in [9.17, 15) is 4.79 Å². The number of carbonyl (C=O) groups excluding carboxylic acids is 1. The first kappa shape index (κ1) is 20.7. The molecule has 0 fully saturated rings. The van der Waals surface area contributed by atoms with Crippen LogP contribution in [0.1, 0.15) is 12.0 Å². The summed E-state index contributed by atoms with van der Waals surface area (Å²) in [6, 6.07) is 9.80. The lowest BCUT2D eigenvalue weighted by Gasteiger charge is -2.13. The lowest BCUT2D eigenvalue weighted by Crippen LogP contribution is -2.24. The highest BCUT2D eigenvalue weighted by Gasteiger charge is 2.11. The quantitative estimate of drug-likeness (QED) is 0.372. The summed E-state index contributed by atoms with van der Waals surface area (Å²) < 4.78 is 16.6. The van der Waals surface area contributed by atoms with Crippen molar-refractivity contribution in [3.8, 4) is 17.2 Å². The first-order chi connectivity index (χ1) is 13.0. The number of urea groups is 1. The third kappa shape index (κ3) is 6.54. The lowest BCUT2D eigenvalue weighted by molar-refractivity contribution is 0.240. The number of benzene rings is 2. The van der Waals surface area contributed by atoms with Crippen LogP contribution in [0.25, 0.3) is 0 Å². The predicted octanol–water partition coefficient (Wildman–Crippen LogP) is 3.85. The minimum absolute atomic E-state index is 0.349. The van der Waals surface area contributed by atoms with Crippen LogP contribution in [0.2, 0.25) is 10.0 Å². The van der Waals surface area contributed by atoms with Gasteiger partial charge in [0, 0.05) is 6.42 Å². The molecule has 0 spiro atoms. The van der Waals surface area contributed by atoms with Crippen molar-refractivity contribution in [2.45, 2.75) is 6.42 Å². The molecule has 0 aromatic heterocycles. The highest BCUT2D eigenvalue weighted by atomic mass is 35.5. The minimum atomic E-state index is -0.761. The van der Waals surface area contributed by atoms with Crippen molar-refractivity contribution in [1.82, 2.24) is 5.43 Å². The van der Waals surface area contributed by atoms with Crippen LogP contribution in [0.3, 0.4) is 0 Å². The molecule has 2 aromatic carbocycles. The Bertz CT molecular complexity index is 815. The number of amides is 2. The molecule has 9 heteroatoms. The van der Waals surface area contributed by atoms with Gasteiger partial charge in [-0.3, -0.25) is 0 Å². The Kier molecular flexibility index (Phi) is 8.03. The Morgan fingerprint density at radius 1 is 1.15 bits per heavy atom. The monoisotopic (exact) mass is 411 g/mol. The maximum atomic E-state index is 10.6. The van der Waals surface area contributed by atoms with Gasteiger partial charge in [-0.2, -0.15) is 5.10 Å². The van der Waals surface area contributed by atoms with Crippen LogP contribution in [0.15, 0.2) is 41.5 Å². The molecule has 0 saturated carbocycles. The summed E-state index contributed by atoms with van der Waals surface area (Å²) in [5.41, 5.74) is 7.65. The first-order valence-corrected chi connectivity index (χ1v) is 8.73. The molecule has 0 aliphatic rings. The van der Waals surface area contributed by atoms with Gasteiger partial charge in [-0.25, -0.2) is 10.2 Å². The summed E-state index contributed by atoms with van der Waals surface area (Å²) in [4.78, 5) is 10.6. The Labute approximate surface area is 167 Å². The number of hydrogen-bond donors (Lipinski definition) is 2. The predicted molar refractivity (Wildman–Crippen MR) is 105 cm³/mol. The van der Waals surface area contributed by atoms with Crippen LogP contribution in [0.5, 0.6) is 17.2 Å². The maximum absolute atomic E-state index is 10.6. The standard InChI is InChI=1S/C18H19Cl2N3O4/c1-25-16-10-12(11-22-23-18(21)24)9-14(20)17(16)27-8-4-7-26-15-6-3-2-5-13(15)19/h2-3,5-6,9-11H,4,7-8H2,1H3,(H3,21,23,24)/b22-11+. The van der Waals surface area contributed by atoms with E-state index in [0.29, 0.717) is 52.5 Å². The van der Waals surface area contributed by atoms with Gasteiger partial charge in [-0.05, 0) is 29.8 Å². The molecule has 0 atom stereocenters. The Hall–Kier alpha value is -2.64. The summed E-state index contributed by atoms with van der Waals surface area (Å²) >= 11 is 12.3. The number of ether oxygens (including phenoxy) is 3. The van der Waals surface area contributed by atoms with Crippen molar-refractivity contribution in [2.75, 3.05) is 20.3 Å². The van der Waals surface area contributed by atoms with Crippen molar-refractivity contribution in [3.63, 3.8) is 0 Å². The van der Waals surface area contributed by atoms with E-state index in [1.807, 2.05) is 12.1 Å². The second kappa shape index (κ2) is 10.5. The van der Waals surface area contributed by atoms with Gasteiger partial charge in [0.25, 0.3) is 0 Å². The maximum Gasteiger partial charge on any atom is 0.332 e. The Morgan fingerprint density at radius 3 is 2.59 bits per heavy atom. The second-order valence-electron chi connectivity index (χ2n) is 5.25. The highest BCUT2D eigenvalue weighted by Crippen LogP contribution is 2.36. The number of nitrogens with two attached hydrogens (primary N) is 1. The number of halogens is 2. The van der Waals surface area contributed by atoms with E-state index >= 15 is 0 Å². The van der Waals surface area contributed by atoms with Crippen LogP contribution in [-0.2, 0) is 0 Å². The van der Waals surface area contributed by atoms with Crippen LogP contribution in [-0.4, -0.2) is 32.6 Å². The van der Waals surface area contributed by atoms with E-state index in [2.05, 4.69) is 10.5 Å². The summed E-state index contributed by atoms with van der Waals surface area (Å²) in [7, 11) is 1.50. The normalized spacial score (nSPS) is 10.6. The van der Waals surface area contributed by atoms with E-state index in [-0.39, 0.29) is 0 Å². The molecule has 0 saturated heterocycles. The average molecular weight is 412 g/mol. The zero-order valence-corrected chi connectivity index (χ0v) is 16.1. The fourth-order valence-electron chi connectivity index (χ4n) is 2.10. The molecule has 0 radical (unpaired) electrons. The number of methoxy groups -OCH3 is 1. The van der Waals surface area contributed by atoms with Crippen molar-refractivity contribution in [3.05, 3.63) is 52.0 Å². The third-order valence-electron chi connectivity index (χ3n) is 3.27. The van der Waals surface area contributed by atoms with Gasteiger partial charge in [-0.1, -0.05) is 35.3 Å². The Morgan fingerprint density at radius 2 is 1.89 bits per heavy atom. The molecule has 27 heavy (non-hydrogen) atoms. The largest absolute Gasteiger partial charge is 0.493 e. The van der Waals surface area contributed by atoms with E-state index in [0.717, 1.165) is 0 Å². The molecule has 0 heterocycles. The number of nitrogens with zero attached hydrogens (tertiary/aromatic N) is 1. The molecule has 0 aliphatic heterocycles. The van der Waals surface area contributed by atoms with Crippen molar-refractivity contribution in [1.29, 1.82) is 0 Å². The van der Waals surface area contributed by atoms with E-state index < -0.39 is 6.03 Å². The first-order valence-electron chi connectivity index (χ1n) is 7.97. The molecule has 0 aliphatic carbocycles. The highest BCUT2D eigenvalue weighted by molar-refractivity contribution is 6.32. The second-order valence-corrected chi connectivity index (χ2v) is 6.06. The topological polar surface area (TPSA) is 95.2 Å². The van der Waals surface area contributed by atoms with E-state index in [1.165, 1.54) is 13.3 Å². The molecular weight excluding hydrogens is 393 g/mol. The number of hydrazone groups is 1. The zero-order chi connectivity index (χ0) is 19.6. The van der Waals surface area contributed by atoms with Gasteiger partial charge in [0.2, 0.25) is 0 Å². The van der Waals surface area contributed by atoms with E-state index in [4.69, 9.17) is 43.1 Å². The number of carbonyl (C=O) groups is 1. The summed E-state index contributed by atoms with van der Waals surface area (Å²) in [6.45, 7) is 0.810. The number of hydrogen-bond acceptors (Lipinski definition) is 5. The van der Waals surface area contributed by atoms with Gasteiger partial charge >= 0.3 is 6.03 Å². The van der Waals surface area contributed by atoms with Crippen molar-refractivity contribution < 1.29 is 19.0 Å². The SMILES string of the molecule is COc1cc(/C=N/NC(N)=O)cc(Cl)c1OCCCOc1ccccc1Cl. The fraction of sp³-hybridized carbons (Fsp3) is 0.222. The number of nitrogens with one attached hydrogen (secondary N) is 1. The molecule has 3 N–H and O–H groups in total. The van der Waals surface area contributed by atoms with Crippen molar-refractivity contribution in [2.24, 2.45) is 10.8 Å². The molecule has 2 rings (SSSR count). The van der Waals surface area contributed by atoms with Gasteiger partial charge in [0.05, 0.1) is 36.6 Å². The van der Waals surface area contributed by atoms with Crippen LogP contribution in [0, 0.1) is 0 Å². The molecular formula is C18H19Cl2N3O4. The Balaban J connectivity index is 1.90. The molecule has 7 nitrogen and oxygen atoms in total. The number of para-hydroxylation sites is 1. The van der Waals surface area contributed by atoms with Crippen LogP contribution in [0.4, 0.5) is 4.79 Å². The summed E-state index contributed by atoms with van der Waals surface area (Å²) in [5, 5.41) is 4.59. The molecule has 0 bridgehead atoms. The molecule has 2 amide bonds. The lowest BCUT2D eigenvalue weighted by atomic mass is 10.2. The fourth-order valence-corrected chi connectivity index (χ4v) is 2.57. The van der Waals surface area contributed by atoms with Crippen LogP contribution >= 0.6 is 23.2 Å². The summed E-state index contributed by atoms with van der Waals surface area (Å²) in [6.07, 6.45) is 2.01. The van der Waals surface area contributed by atoms with Crippen LogP contribution < -0.4 is 25.4 Å². The molecule has 144 valence electrons. The average Bonchev–Trinajstić information content (AvgIpc) is 2.63. The smallest absolute Gasteiger partial charge is 0.332 e. The summed E-state index contributed by atoms with van der Waals surface area (Å²) in [5.74, 6) is 1.48. The number of rotatable bonds is 9. The third-order valence-corrected chi connectivity index (χ3v) is 3.86. The van der Waals surface area contributed by atoms with E-state index in [1.54, 1.807) is 24.3 Å². The van der Waals surface area contributed by atoms with Gasteiger partial charge in [-0.15, -0.1) is 0 Å². The number of primary amides is 1. The molecule has 0 unspecified atom stereocenters. The van der Waals surface area contributed by atoms with Crippen molar-refractivity contribution >= 4 is 35.4 Å². The van der Waals surface area contributed by atoms with Gasteiger partial charge < -0.3 is 19.9 Å². The molecule has 2 aromatic rings. The van der Waals surface area contributed by atoms with Gasteiger partial charge in [0.1, 0.15) is 5.75 Å². The zero-order valence-electron chi connectivity index (χ0n) is 14.6. The van der Waals surface area contributed by atoms with Gasteiger partial charge in [0.15, 0.2) is 11.5 Å².